The SMILES string of the molecule is CCOC(=O)c1ccc(C#N)c(OC)c1CO. The molecule has 1 N–H and O–H groups in total. The van der Waals surface area contributed by atoms with Gasteiger partial charge in [-0.2, -0.15) is 5.26 Å². The molecule has 0 heterocycles. The van der Waals surface area contributed by atoms with Crippen LogP contribution in [0.15, 0.2) is 12.1 Å². The fourth-order valence-electron chi connectivity index (χ4n) is 1.51. The van der Waals surface area contributed by atoms with Gasteiger partial charge >= 0.3 is 5.97 Å². The molecule has 1 aromatic rings. The molecule has 0 radical (unpaired) electrons. The van der Waals surface area contributed by atoms with Crippen LogP contribution in [0.5, 0.6) is 5.75 Å². The number of rotatable bonds is 4. The van der Waals surface area contributed by atoms with Crippen LogP contribution in [0.2, 0.25) is 0 Å². The third-order valence-electron chi connectivity index (χ3n) is 2.24. The van der Waals surface area contributed by atoms with Gasteiger partial charge in [-0.3, -0.25) is 0 Å². The molecular formula is C12H13NO4. The molecule has 5 nitrogen and oxygen atoms in total. The van der Waals surface area contributed by atoms with E-state index in [0.29, 0.717) is 0 Å². The first kappa shape index (κ1) is 13.0. The monoisotopic (exact) mass is 235 g/mol. The van der Waals surface area contributed by atoms with Gasteiger partial charge in [-0.15, -0.1) is 0 Å². The number of carbonyl (C=O) groups is 1. The predicted molar refractivity (Wildman–Crippen MR) is 59.6 cm³/mol. The van der Waals surface area contributed by atoms with Crippen LogP contribution < -0.4 is 4.74 Å². The summed E-state index contributed by atoms with van der Waals surface area (Å²) in [7, 11) is 1.38. The smallest absolute Gasteiger partial charge is 0.338 e. The van der Waals surface area contributed by atoms with Gasteiger partial charge in [-0.1, -0.05) is 0 Å². The largest absolute Gasteiger partial charge is 0.495 e. The molecule has 0 saturated heterocycles. The Hall–Kier alpha value is -2.06. The van der Waals surface area contributed by atoms with E-state index in [4.69, 9.17) is 14.7 Å². The molecule has 1 rings (SSSR count). The van der Waals surface area contributed by atoms with E-state index in [1.807, 2.05) is 6.07 Å². The maximum atomic E-state index is 11.6. The zero-order valence-corrected chi connectivity index (χ0v) is 9.69. The molecule has 0 amide bonds. The molecule has 0 aliphatic rings. The number of benzene rings is 1. The third-order valence-corrected chi connectivity index (χ3v) is 2.24. The van der Waals surface area contributed by atoms with Crippen molar-refractivity contribution in [1.29, 1.82) is 5.26 Å². The molecule has 0 bridgehead atoms. The molecule has 90 valence electrons. The number of nitrogens with zero attached hydrogens (tertiary/aromatic N) is 1. The van der Waals surface area contributed by atoms with Crippen molar-refractivity contribution in [2.45, 2.75) is 13.5 Å². The average molecular weight is 235 g/mol. The summed E-state index contributed by atoms with van der Waals surface area (Å²) in [6.07, 6.45) is 0. The Morgan fingerprint density at radius 2 is 2.24 bits per heavy atom. The minimum absolute atomic E-state index is 0.209. The Bertz CT molecular complexity index is 462. The van der Waals surface area contributed by atoms with Gasteiger partial charge in [0.05, 0.1) is 31.5 Å². The summed E-state index contributed by atoms with van der Waals surface area (Å²) in [4.78, 5) is 11.6. The van der Waals surface area contributed by atoms with Crippen molar-refractivity contribution in [3.63, 3.8) is 0 Å². The number of nitriles is 1. The van der Waals surface area contributed by atoms with Crippen molar-refractivity contribution < 1.29 is 19.4 Å². The van der Waals surface area contributed by atoms with Crippen LogP contribution in [0, 0.1) is 11.3 Å². The number of hydrogen-bond donors (Lipinski definition) is 1. The predicted octanol–water partition coefficient (Wildman–Crippen LogP) is 1.24. The molecule has 17 heavy (non-hydrogen) atoms. The Balaban J connectivity index is 3.34. The van der Waals surface area contributed by atoms with Crippen molar-refractivity contribution in [1.82, 2.24) is 0 Å². The zero-order valence-electron chi connectivity index (χ0n) is 9.69. The zero-order chi connectivity index (χ0) is 12.8. The van der Waals surface area contributed by atoms with Crippen LogP contribution in [0.1, 0.15) is 28.4 Å². The highest BCUT2D eigenvalue weighted by Gasteiger charge is 2.19. The first-order chi connectivity index (χ1) is 8.19. The normalized spacial score (nSPS) is 9.53. The number of carbonyl (C=O) groups excluding carboxylic acids is 1. The fourth-order valence-corrected chi connectivity index (χ4v) is 1.51. The lowest BCUT2D eigenvalue weighted by atomic mass is 10.0. The van der Waals surface area contributed by atoms with Crippen LogP contribution in [0.25, 0.3) is 0 Å². The second kappa shape index (κ2) is 5.87. The Morgan fingerprint density at radius 3 is 2.71 bits per heavy atom. The van der Waals surface area contributed by atoms with E-state index in [-0.39, 0.29) is 29.0 Å². The quantitative estimate of drug-likeness (QED) is 0.794. The van der Waals surface area contributed by atoms with Crippen molar-refractivity contribution in [2.24, 2.45) is 0 Å². The summed E-state index contributed by atoms with van der Waals surface area (Å²) in [6, 6.07) is 4.84. The van der Waals surface area contributed by atoms with Crippen LogP contribution >= 0.6 is 0 Å². The molecule has 5 heteroatoms. The maximum absolute atomic E-state index is 11.6. The second-order valence-corrected chi connectivity index (χ2v) is 3.16. The third kappa shape index (κ3) is 2.55. The molecule has 0 atom stereocenters. The Morgan fingerprint density at radius 1 is 1.53 bits per heavy atom. The standard InChI is InChI=1S/C12H13NO4/c1-3-17-12(15)9-5-4-8(6-13)11(16-2)10(9)7-14/h4-5,14H,3,7H2,1-2H3. The fraction of sp³-hybridized carbons (Fsp3) is 0.333. The number of aliphatic hydroxyl groups excluding tert-OH is 1. The van der Waals surface area contributed by atoms with E-state index in [1.54, 1.807) is 6.92 Å². The van der Waals surface area contributed by atoms with Gasteiger partial charge in [0.1, 0.15) is 11.8 Å². The van der Waals surface area contributed by atoms with Gasteiger partial charge in [0.25, 0.3) is 0 Å². The topological polar surface area (TPSA) is 79.6 Å². The van der Waals surface area contributed by atoms with Gasteiger partial charge in [-0.05, 0) is 19.1 Å². The average Bonchev–Trinajstić information content (AvgIpc) is 2.36. The van der Waals surface area contributed by atoms with Crippen LogP contribution in [0.4, 0.5) is 0 Å². The van der Waals surface area contributed by atoms with Crippen molar-refractivity contribution >= 4 is 5.97 Å². The molecule has 0 unspecified atom stereocenters. The lowest BCUT2D eigenvalue weighted by Crippen LogP contribution is -2.10. The van der Waals surface area contributed by atoms with Gasteiger partial charge < -0.3 is 14.6 Å². The van der Waals surface area contributed by atoms with E-state index in [2.05, 4.69) is 0 Å². The number of esters is 1. The Kier molecular flexibility index (Phi) is 4.49. The molecule has 0 saturated carbocycles. The highest BCUT2D eigenvalue weighted by Crippen LogP contribution is 2.27. The minimum Gasteiger partial charge on any atom is -0.495 e. The van der Waals surface area contributed by atoms with E-state index in [9.17, 15) is 9.90 Å². The van der Waals surface area contributed by atoms with E-state index in [0.717, 1.165) is 0 Å². The number of ether oxygens (including phenoxy) is 2. The second-order valence-electron chi connectivity index (χ2n) is 3.16. The Labute approximate surface area is 99.2 Å². The van der Waals surface area contributed by atoms with Gasteiger partial charge in [0.2, 0.25) is 0 Å². The lowest BCUT2D eigenvalue weighted by molar-refractivity contribution is 0.0522. The number of methoxy groups -OCH3 is 1. The van der Waals surface area contributed by atoms with Crippen molar-refractivity contribution in [2.75, 3.05) is 13.7 Å². The van der Waals surface area contributed by atoms with Crippen molar-refractivity contribution in [3.05, 3.63) is 28.8 Å². The van der Waals surface area contributed by atoms with E-state index in [1.165, 1.54) is 19.2 Å². The molecule has 0 aromatic heterocycles. The first-order valence-electron chi connectivity index (χ1n) is 5.07. The number of hydrogen-bond acceptors (Lipinski definition) is 5. The van der Waals surface area contributed by atoms with Crippen LogP contribution in [0.3, 0.4) is 0 Å². The van der Waals surface area contributed by atoms with Gasteiger partial charge in [-0.25, -0.2) is 4.79 Å². The van der Waals surface area contributed by atoms with E-state index >= 15 is 0 Å². The van der Waals surface area contributed by atoms with Gasteiger partial charge in [0.15, 0.2) is 0 Å². The minimum atomic E-state index is -0.542. The first-order valence-corrected chi connectivity index (χ1v) is 5.07. The summed E-state index contributed by atoms with van der Waals surface area (Å²) in [5, 5.41) is 18.1. The molecule has 0 aliphatic carbocycles. The van der Waals surface area contributed by atoms with Crippen LogP contribution in [-0.4, -0.2) is 24.8 Å². The summed E-state index contributed by atoms with van der Waals surface area (Å²) in [5.41, 5.74) is 0.750. The summed E-state index contributed by atoms with van der Waals surface area (Å²) in [5.74, 6) is -0.333. The van der Waals surface area contributed by atoms with Crippen LogP contribution in [-0.2, 0) is 11.3 Å². The molecule has 1 aromatic carbocycles. The lowest BCUT2D eigenvalue weighted by Gasteiger charge is -2.12. The van der Waals surface area contributed by atoms with Crippen molar-refractivity contribution in [3.8, 4) is 11.8 Å². The van der Waals surface area contributed by atoms with Gasteiger partial charge in [0, 0.05) is 5.56 Å². The highest BCUT2D eigenvalue weighted by atomic mass is 16.5. The van der Waals surface area contributed by atoms with E-state index < -0.39 is 12.6 Å². The summed E-state index contributed by atoms with van der Waals surface area (Å²) in [6.45, 7) is 1.54. The highest BCUT2D eigenvalue weighted by molar-refractivity contribution is 5.92. The number of aliphatic hydroxyl groups is 1. The summed E-state index contributed by atoms with van der Waals surface area (Å²) < 4.78 is 9.89. The molecular weight excluding hydrogens is 222 g/mol. The molecule has 0 aliphatic heterocycles. The maximum Gasteiger partial charge on any atom is 0.338 e. The molecule has 0 spiro atoms. The molecule has 0 fully saturated rings. The summed E-state index contributed by atoms with van der Waals surface area (Å²) >= 11 is 0.